The maximum Gasteiger partial charge on any atom is 0.298 e. The summed E-state index contributed by atoms with van der Waals surface area (Å²) in [6, 6.07) is 118. The number of para-hydroxylation sites is 9. The van der Waals surface area contributed by atoms with Gasteiger partial charge in [-0.25, -0.2) is 30.0 Å². The van der Waals surface area contributed by atoms with Crippen molar-refractivity contribution < 1.29 is 41.6 Å². The van der Waals surface area contributed by atoms with E-state index < -0.39 is 11.8 Å². The topological polar surface area (TPSA) is 241 Å². The van der Waals surface area contributed by atoms with Crippen molar-refractivity contribution in [2.75, 3.05) is 34.5 Å². The molecule has 5 aliphatic heterocycles. The van der Waals surface area contributed by atoms with Crippen molar-refractivity contribution in [3.63, 3.8) is 0 Å². The fourth-order valence-corrected chi connectivity index (χ4v) is 22.8. The number of thioether (sulfide) groups is 2. The first kappa shape index (κ1) is 92.4. The average molecular weight is 2010 g/mol. The zero-order valence-corrected chi connectivity index (χ0v) is 82.3. The Hall–Kier alpha value is -18.3. The molecule has 0 bridgehead atoms. The molecule has 23 nitrogen and oxygen atoms in total. The van der Waals surface area contributed by atoms with Crippen molar-refractivity contribution in [2.45, 2.75) is 37.5 Å². The number of nitriles is 1. The second-order valence-corrected chi connectivity index (χ2v) is 39.6. The van der Waals surface area contributed by atoms with E-state index in [2.05, 4.69) is 99.9 Å². The van der Waals surface area contributed by atoms with Crippen LogP contribution < -0.4 is 49.3 Å². The summed E-state index contributed by atoms with van der Waals surface area (Å²) in [5.74, 6) is 3.47. The number of thiophene rings is 1. The maximum atomic E-state index is 13.8. The van der Waals surface area contributed by atoms with E-state index in [0.717, 1.165) is 143 Å². The molecule has 9 aromatic heterocycles. The van der Waals surface area contributed by atoms with E-state index in [9.17, 15) is 34.0 Å². The number of hydrogen-bond acceptors (Lipinski definition) is 21. The number of rotatable bonds is 16. The minimum atomic E-state index is -0.429. The van der Waals surface area contributed by atoms with Crippen molar-refractivity contribution in [1.82, 2.24) is 19.1 Å². The molecule has 28 heteroatoms. The van der Waals surface area contributed by atoms with Gasteiger partial charge >= 0.3 is 0 Å². The van der Waals surface area contributed by atoms with Gasteiger partial charge in [0.15, 0.2) is 4.32 Å². The molecule has 26 rings (SSSR count). The number of anilines is 13. The Kier molecular flexibility index (Phi) is 24.4. The number of hydrogen-bond donors (Lipinski definition) is 0. The second-order valence-electron chi connectivity index (χ2n) is 35.2. The molecule has 147 heavy (non-hydrogen) atoms. The number of carbonyl (C=O) groups excluding carboxylic acids is 5. The number of fused-ring (bicyclic) bond motifs is 10. The van der Waals surface area contributed by atoms with Crippen LogP contribution in [0, 0.1) is 17.9 Å². The molecule has 1 spiro atoms. The molecule has 4 amide bonds. The molecule has 0 N–H and O–H groups in total. The van der Waals surface area contributed by atoms with Crippen molar-refractivity contribution in [3.8, 4) is 17.6 Å². The number of furan rings is 4. The normalized spacial score (nSPS) is 15.3. The Labute approximate surface area is 863 Å². The Morgan fingerprint density at radius 3 is 1.65 bits per heavy atom. The summed E-state index contributed by atoms with van der Waals surface area (Å²) in [6.45, 7) is 11.8. The van der Waals surface area contributed by atoms with Crippen LogP contribution in [0.3, 0.4) is 0 Å². The molecular formula is C119H79N13O10S5. The van der Waals surface area contributed by atoms with Crippen molar-refractivity contribution in [3.05, 3.63) is 486 Å². The number of aromatic nitrogens is 4. The van der Waals surface area contributed by atoms with Crippen LogP contribution in [-0.2, 0) is 30.0 Å². The molecule has 14 heterocycles. The highest BCUT2D eigenvalue weighted by Crippen LogP contribution is 2.64. The van der Waals surface area contributed by atoms with Crippen LogP contribution in [0.15, 0.2) is 432 Å². The van der Waals surface area contributed by atoms with Crippen LogP contribution in [0.25, 0.3) is 79.1 Å². The fourth-order valence-electron chi connectivity index (χ4n) is 19.3. The average Bonchev–Trinajstić information content (AvgIpc) is 1.54. The summed E-state index contributed by atoms with van der Waals surface area (Å²) in [6.07, 6.45) is 14.1. The van der Waals surface area contributed by atoms with Crippen LogP contribution in [0.4, 0.5) is 79.3 Å². The standard InChI is InChI=1S/C36H25N3O3.C28H19N3O3S.C28H19N3O2S2.C27H16N4O2S2/c40-35-32(36(41)39(29-19-8-3-9-20-29)38(35)28-17-6-2-7-18-28)25-30-23-24-34(42-30)37(27-15-4-1-5-16-27)33-22-12-14-26-13-10-11-21-31(26)33;32-25-24(35-27(33)31(25)18-7-2-1-3-8-18)16-20-15-22-26(34-20)30(19-9-6-14-29-17-19)23-11-5-4-10-21(23)28(22)12-13-28;1-28(2)20-12-6-10-18-19-11-7-13-29-24(19)31(23(18)20)25-21(28)14-17(33-25)15-22-26(32)35-27(34)30(22)16-8-4-3-5-9-16;1-29-23(17-28)26-31(20-10-6-3-7-11-20)24(27(32)35-26)16-22-12-13-25(33-22)30(21-14-15-34-18-21)19-8-4-2-5-9-19/h1-25H;1-11,14-17H,12-13H2;3-15H,1-2H3;2-16,18H/b;24-16+;22-15-;24-16-,26-23+. The van der Waals surface area contributed by atoms with E-state index >= 15 is 0 Å². The van der Waals surface area contributed by atoms with Crippen LogP contribution >= 0.6 is 58.4 Å². The van der Waals surface area contributed by atoms with Crippen LogP contribution in [0.5, 0.6) is 0 Å². The summed E-state index contributed by atoms with van der Waals surface area (Å²) in [4.78, 5) is 101. The van der Waals surface area contributed by atoms with Gasteiger partial charge in [0.05, 0.1) is 69.1 Å². The monoisotopic (exact) mass is 2010 g/mol. The lowest BCUT2D eigenvalue weighted by molar-refractivity contribution is -0.116. The fraction of sp³-hybridized carbons (Fsp3) is 0.0504. The third kappa shape index (κ3) is 17.0. The number of amides is 4. The van der Waals surface area contributed by atoms with E-state index in [-0.39, 0.29) is 43.1 Å². The van der Waals surface area contributed by atoms with Gasteiger partial charge in [-0.1, -0.05) is 238 Å². The number of imide groups is 1. The summed E-state index contributed by atoms with van der Waals surface area (Å²) in [5, 5.41) is 20.6. The minimum Gasteiger partial charge on any atom is -0.440 e. The number of benzene rings is 11. The third-order valence-electron chi connectivity index (χ3n) is 26.1. The van der Waals surface area contributed by atoms with E-state index in [1.807, 2.05) is 293 Å². The number of carbonyl (C=O) groups is 5. The molecule has 11 aromatic carbocycles. The van der Waals surface area contributed by atoms with E-state index in [1.54, 1.807) is 88.9 Å². The van der Waals surface area contributed by atoms with Crippen molar-refractivity contribution >= 4 is 228 Å². The molecule has 20 aromatic rings. The summed E-state index contributed by atoms with van der Waals surface area (Å²) < 4.78 is 29.8. The van der Waals surface area contributed by atoms with Gasteiger partial charge in [0.1, 0.15) is 50.0 Å². The van der Waals surface area contributed by atoms with Crippen LogP contribution in [0.1, 0.15) is 72.0 Å². The van der Waals surface area contributed by atoms with E-state index in [4.69, 9.17) is 41.4 Å². The minimum absolute atomic E-state index is 0.0139. The van der Waals surface area contributed by atoms with Gasteiger partial charge in [0, 0.05) is 109 Å². The van der Waals surface area contributed by atoms with Gasteiger partial charge in [-0.3, -0.25) is 57.9 Å². The van der Waals surface area contributed by atoms with E-state index in [1.165, 1.54) is 32.1 Å². The number of hydrazine groups is 1. The predicted octanol–water partition coefficient (Wildman–Crippen LogP) is 27.3. The molecule has 0 radical (unpaired) electrons. The smallest absolute Gasteiger partial charge is 0.298 e. The van der Waals surface area contributed by atoms with Gasteiger partial charge in [0.25, 0.3) is 33.4 Å². The first-order chi connectivity index (χ1) is 72.0. The number of nitrogens with zero attached hydrogens (tertiary/aromatic N) is 13. The van der Waals surface area contributed by atoms with Gasteiger partial charge in [0.2, 0.25) is 28.7 Å². The Morgan fingerprint density at radius 2 is 1.01 bits per heavy atom. The molecule has 1 aliphatic carbocycles. The molecule has 4 fully saturated rings. The Morgan fingerprint density at radius 1 is 0.469 bits per heavy atom. The van der Waals surface area contributed by atoms with E-state index in [0.29, 0.717) is 82.5 Å². The highest BCUT2D eigenvalue weighted by atomic mass is 32.2. The molecule has 0 atom stereocenters. The Balaban J connectivity index is 0.000000108. The van der Waals surface area contributed by atoms with Crippen LogP contribution in [-0.4, -0.2) is 51.5 Å². The SMILES string of the molecule is CC1(C)c2cc(/C=C3/C(=O)SC(=S)N3c3ccccc3)oc2-n2c3ncccc3c3cccc1c32.O=C1C(=Cc2ccc(N(c3ccccc3)c3cccc4ccccc34)o2)C(=O)N(c2ccccc2)N1c1ccccc1.O=C1S/C(=C/c2cc3c(o2)N(c2cccnc2)c2ccccc2C32CC2)C(=O)N1c1ccccc1.[C-]#[N+]/C(C#N)=c1/sc(=O)/c(=C/c2ccc(N(c3ccccc3)c3ccsc3)o2)n1-c1ccccc1. The third-order valence-corrected chi connectivity index (χ3v) is 29.8. The Bertz CT molecular complexity index is 8940. The van der Waals surface area contributed by atoms with Gasteiger partial charge in [-0.05, 0) is 216 Å². The first-order valence-electron chi connectivity index (χ1n) is 46.8. The highest BCUT2D eigenvalue weighted by Gasteiger charge is 2.55. The summed E-state index contributed by atoms with van der Waals surface area (Å²) >= 11 is 9.99. The summed E-state index contributed by atoms with van der Waals surface area (Å²) in [7, 11) is 0. The lowest BCUT2D eigenvalue weighted by atomic mass is 9.76. The molecule has 3 saturated heterocycles. The number of thiazole rings is 1. The largest absolute Gasteiger partial charge is 0.440 e. The molecule has 710 valence electrons. The molecular weight excluding hydrogens is 1930 g/mol. The van der Waals surface area contributed by atoms with Gasteiger partial charge < -0.3 is 22.2 Å². The number of pyridine rings is 2. The lowest BCUT2D eigenvalue weighted by Gasteiger charge is -2.34. The second kappa shape index (κ2) is 38.9. The quantitative estimate of drug-likeness (QED) is 0.0378. The lowest BCUT2D eigenvalue weighted by Crippen LogP contribution is -2.41. The van der Waals surface area contributed by atoms with Gasteiger partial charge in [-0.15, -0.1) is 0 Å². The molecule has 6 aliphatic rings. The zero-order valence-electron chi connectivity index (χ0n) is 78.2. The maximum absolute atomic E-state index is 13.8. The summed E-state index contributed by atoms with van der Waals surface area (Å²) in [5.41, 5.74) is 15.7. The number of thiocarbonyl (C=S) groups is 1. The predicted molar refractivity (Wildman–Crippen MR) is 588 cm³/mol. The highest BCUT2D eigenvalue weighted by molar-refractivity contribution is 8.34. The first-order valence-corrected chi connectivity index (χ1v) is 50.6. The van der Waals surface area contributed by atoms with Crippen molar-refractivity contribution in [1.29, 1.82) is 5.26 Å². The molecule has 1 saturated carbocycles. The van der Waals surface area contributed by atoms with Crippen molar-refractivity contribution in [2.24, 2.45) is 0 Å². The molecule has 0 unspecified atom stereocenters. The zero-order chi connectivity index (χ0) is 100. The van der Waals surface area contributed by atoms with Crippen LogP contribution in [0.2, 0.25) is 0 Å². The van der Waals surface area contributed by atoms with Gasteiger partial charge in [-0.2, -0.15) is 11.3 Å².